The lowest BCUT2D eigenvalue weighted by atomic mass is 9.73. The number of esters is 1. The highest BCUT2D eigenvalue weighted by molar-refractivity contribution is 6.00. The summed E-state index contributed by atoms with van der Waals surface area (Å²) >= 11 is 0. The van der Waals surface area contributed by atoms with Crippen molar-refractivity contribution in [2.24, 2.45) is 23.7 Å². The maximum atomic E-state index is 14.5. The molecule has 2 aromatic heterocycles. The van der Waals surface area contributed by atoms with Crippen molar-refractivity contribution in [1.82, 2.24) is 20.4 Å². The van der Waals surface area contributed by atoms with Crippen LogP contribution in [0.25, 0.3) is 22.2 Å². The molecule has 60 heavy (non-hydrogen) atoms. The van der Waals surface area contributed by atoms with E-state index in [4.69, 9.17) is 28.2 Å². The monoisotopic (exact) mass is 830 g/mol. The van der Waals surface area contributed by atoms with E-state index in [9.17, 15) is 24.3 Å². The molecule has 2 N–H and O–H groups in total. The number of ketones is 2. The number of alkyl carbamates (subject to hydrolysis) is 1. The van der Waals surface area contributed by atoms with Gasteiger partial charge >= 0.3 is 12.1 Å². The van der Waals surface area contributed by atoms with Gasteiger partial charge in [0.1, 0.15) is 36.2 Å². The van der Waals surface area contributed by atoms with Gasteiger partial charge in [-0.15, -0.1) is 0 Å². The van der Waals surface area contributed by atoms with Crippen LogP contribution in [0.15, 0.2) is 47.1 Å². The van der Waals surface area contributed by atoms with E-state index in [2.05, 4.69) is 27.3 Å². The number of Topliss-reactive ketones (excluding diaryl/α,β-unsaturated/α-hetero) is 2. The van der Waals surface area contributed by atoms with Gasteiger partial charge in [0, 0.05) is 47.0 Å². The van der Waals surface area contributed by atoms with Gasteiger partial charge in [0.2, 0.25) is 5.76 Å². The van der Waals surface area contributed by atoms with E-state index < -0.39 is 83.4 Å². The van der Waals surface area contributed by atoms with Gasteiger partial charge in [0.05, 0.1) is 29.4 Å². The molecule has 5 heterocycles. The lowest BCUT2D eigenvalue weighted by Gasteiger charge is -2.47. The minimum Gasteiger partial charge on any atom is -0.458 e. The van der Waals surface area contributed by atoms with E-state index in [0.717, 1.165) is 16.5 Å². The Balaban J connectivity index is 1.36. The number of hydrogen-bond acceptors (Lipinski definition) is 14. The topological polar surface area (TPSA) is 189 Å². The van der Waals surface area contributed by atoms with Crippen LogP contribution >= 0.6 is 0 Å². The van der Waals surface area contributed by atoms with Gasteiger partial charge in [-0.3, -0.25) is 19.4 Å². The van der Waals surface area contributed by atoms with Gasteiger partial charge in [0.25, 0.3) is 0 Å². The van der Waals surface area contributed by atoms with Gasteiger partial charge in [-0.25, -0.2) is 4.79 Å². The predicted molar refractivity (Wildman–Crippen MR) is 219 cm³/mol. The molecule has 3 fully saturated rings. The van der Waals surface area contributed by atoms with Crippen molar-refractivity contribution >= 4 is 34.5 Å². The lowest BCUT2D eigenvalue weighted by Crippen LogP contribution is -2.60. The maximum absolute atomic E-state index is 14.5. The van der Waals surface area contributed by atoms with Crippen LogP contribution in [0, 0.1) is 35.5 Å². The molecule has 3 aromatic rings. The first kappa shape index (κ1) is 44.8. The van der Waals surface area contributed by atoms with Crippen molar-refractivity contribution in [2.45, 2.75) is 129 Å². The third-order valence-electron chi connectivity index (χ3n) is 12.5. The summed E-state index contributed by atoms with van der Waals surface area (Å²) in [6.45, 7) is 13.4. The largest absolute Gasteiger partial charge is 0.458 e. The molecule has 1 amide bonds. The number of nitrogens with one attached hydrogen (secondary N) is 1. The molecule has 13 atom stereocenters. The van der Waals surface area contributed by atoms with Crippen molar-refractivity contribution in [3.8, 4) is 23.1 Å². The fourth-order valence-corrected chi connectivity index (χ4v) is 9.13. The smallest absolute Gasteiger partial charge is 0.408 e. The minimum atomic E-state index is -1.46. The third-order valence-corrected chi connectivity index (χ3v) is 12.5. The summed E-state index contributed by atoms with van der Waals surface area (Å²) in [5.74, 6) is 0.800. The number of rotatable bonds is 7. The molecule has 0 unspecified atom stereocenters. The lowest BCUT2D eigenvalue weighted by molar-refractivity contribution is -0.296. The Bertz CT molecular complexity index is 2130. The number of carbonyl (C=O) groups excluding carboxylic acids is 4. The van der Waals surface area contributed by atoms with Crippen LogP contribution in [0.3, 0.4) is 0 Å². The average molecular weight is 831 g/mol. The first-order valence-electron chi connectivity index (χ1n) is 20.7. The van der Waals surface area contributed by atoms with E-state index >= 15 is 0 Å². The summed E-state index contributed by atoms with van der Waals surface area (Å²) in [4.78, 5) is 62.0. The number of likely N-dealkylation sites (N-methyl/N-ethyl adjacent to an activating group) is 1. The molecular weight excluding hydrogens is 773 g/mol. The molecule has 6 rings (SSSR count). The Morgan fingerprint density at radius 1 is 1.02 bits per heavy atom. The molecule has 15 nitrogen and oxygen atoms in total. The fraction of sp³-hybridized carbons (Fsp3) is 0.600. The van der Waals surface area contributed by atoms with Crippen LogP contribution in [0.5, 0.6) is 0 Å². The highest BCUT2D eigenvalue weighted by atomic mass is 16.7. The second kappa shape index (κ2) is 18.1. The summed E-state index contributed by atoms with van der Waals surface area (Å²) in [6.07, 6.45) is -3.01. The highest BCUT2D eigenvalue weighted by Crippen LogP contribution is 2.40. The Morgan fingerprint density at radius 2 is 1.75 bits per heavy atom. The second-order valence-corrected chi connectivity index (χ2v) is 17.3. The third kappa shape index (κ3) is 9.13. The molecular formula is C45H58N4O11. The van der Waals surface area contributed by atoms with Crippen molar-refractivity contribution in [3.63, 3.8) is 0 Å². The highest BCUT2D eigenvalue weighted by Gasteiger charge is 2.57. The molecule has 0 aliphatic carbocycles. The zero-order valence-electron chi connectivity index (χ0n) is 36.1. The Hall–Kier alpha value is -4.72. The van der Waals surface area contributed by atoms with Crippen molar-refractivity contribution in [3.05, 3.63) is 48.4 Å². The van der Waals surface area contributed by atoms with E-state index in [-0.39, 0.29) is 43.1 Å². The summed E-state index contributed by atoms with van der Waals surface area (Å²) in [6, 6.07) is 10.2. The average Bonchev–Trinajstić information content (AvgIpc) is 3.82. The molecule has 0 saturated carbocycles. The summed E-state index contributed by atoms with van der Waals surface area (Å²) in [5.41, 5.74) is -0.711. The van der Waals surface area contributed by atoms with Gasteiger partial charge in [-0.05, 0) is 79.1 Å². The normalized spacial score (nSPS) is 35.5. The summed E-state index contributed by atoms with van der Waals surface area (Å²) in [5, 5.41) is 19.5. The maximum Gasteiger partial charge on any atom is 0.408 e. The number of cyclic esters (lactones) is 1. The molecule has 0 radical (unpaired) electrons. The first-order chi connectivity index (χ1) is 28.4. The number of ether oxygens (including phenoxy) is 5. The van der Waals surface area contributed by atoms with Crippen molar-refractivity contribution in [1.29, 1.82) is 0 Å². The molecule has 324 valence electrons. The summed E-state index contributed by atoms with van der Waals surface area (Å²) in [7, 11) is 3.71. The van der Waals surface area contributed by atoms with Crippen LogP contribution in [0.1, 0.15) is 80.4 Å². The van der Waals surface area contributed by atoms with Crippen LogP contribution in [-0.4, -0.2) is 118 Å². The van der Waals surface area contributed by atoms with Gasteiger partial charge < -0.3 is 43.5 Å². The van der Waals surface area contributed by atoms with Gasteiger partial charge in [0.15, 0.2) is 17.7 Å². The number of para-hydroxylation sites is 1. The predicted octanol–water partition coefficient (Wildman–Crippen LogP) is 5.10. The quantitative estimate of drug-likeness (QED) is 0.182. The van der Waals surface area contributed by atoms with Crippen LogP contribution in [-0.2, 0) is 38.1 Å². The number of aromatic nitrogens is 2. The zero-order valence-corrected chi connectivity index (χ0v) is 36.1. The van der Waals surface area contributed by atoms with E-state index in [1.54, 1.807) is 53.8 Å². The number of aliphatic hydroxyl groups is 1. The van der Waals surface area contributed by atoms with Crippen molar-refractivity contribution in [2.75, 3.05) is 20.7 Å². The van der Waals surface area contributed by atoms with Crippen molar-refractivity contribution < 1.29 is 52.5 Å². The number of aliphatic hydroxyl groups excluding tert-OH is 1. The Labute approximate surface area is 351 Å². The number of pyridine rings is 1. The molecule has 0 bridgehead atoms. The molecule has 1 aromatic carbocycles. The van der Waals surface area contributed by atoms with E-state index in [1.807, 2.05) is 56.3 Å². The minimum absolute atomic E-state index is 0.0192. The van der Waals surface area contributed by atoms with Gasteiger partial charge in [-0.2, -0.15) is 0 Å². The molecule has 15 heteroatoms. The van der Waals surface area contributed by atoms with Crippen LogP contribution in [0.2, 0.25) is 0 Å². The van der Waals surface area contributed by atoms with Gasteiger partial charge in [-0.1, -0.05) is 57.0 Å². The molecule has 3 aliphatic rings. The number of amides is 1. The Kier molecular flexibility index (Phi) is 13.5. The first-order valence-corrected chi connectivity index (χ1v) is 20.7. The van der Waals surface area contributed by atoms with E-state index in [0.29, 0.717) is 12.1 Å². The number of nitrogens with zero attached hydrogens (tertiary/aromatic N) is 3. The number of fused-ring (bicyclic) bond motifs is 2. The second-order valence-electron chi connectivity index (χ2n) is 17.3. The van der Waals surface area contributed by atoms with Crippen LogP contribution in [0.4, 0.5) is 4.79 Å². The Morgan fingerprint density at radius 3 is 2.47 bits per heavy atom. The molecule has 3 saturated heterocycles. The summed E-state index contributed by atoms with van der Waals surface area (Å²) < 4.78 is 36.8. The number of carbonyl (C=O) groups is 4. The van der Waals surface area contributed by atoms with Crippen LogP contribution < -0.4 is 5.32 Å². The number of benzene rings is 1. The number of hydrogen-bond donors (Lipinski definition) is 2. The molecule has 0 spiro atoms. The molecule has 3 aliphatic heterocycles. The van der Waals surface area contributed by atoms with E-state index in [1.165, 1.54) is 6.92 Å². The SMILES string of the molecule is CC[C@H]1OC(=O)[C@H](C)C(=O)[C@H](C)[C@@H](O[C@@H]2O[C@H](C)C[C@H](N(C)C)[C@H]2O)[C@](C)(OCC#Cc2cc(-c3cnc4ccccc4c3)no2)C[C@@H](C)C(=O)[C@H](C)[C@@H]2NC(=O)O[C@]12C. The standard InChI is InChI=1S/C45H58N4O11/c1-11-35-45(8)39(47-43(54)59-45)26(4)36(50)24(2)22-44(7,55-18-14-16-31-21-33(48-60-31)30-20-29-15-12-13-17-32(29)46-23-30)40(27(5)37(51)28(6)41(53)57-35)58-42-38(52)34(49(9)10)19-25(3)56-42/h12-13,15,17,20-21,23-28,34-35,38-40,42,52H,11,18-19,22H2,1-10H3,(H,47,54)/t24-,25-,26+,27+,28-,34+,35-,38-,39+,40-,42+,44-,45-/m1/s1. The fourth-order valence-electron chi connectivity index (χ4n) is 9.13. The zero-order chi connectivity index (χ0) is 43.7.